The highest BCUT2D eigenvalue weighted by Crippen LogP contribution is 2.24. The summed E-state index contributed by atoms with van der Waals surface area (Å²) in [7, 11) is 1.88. The van der Waals surface area contributed by atoms with Gasteiger partial charge in [-0.15, -0.1) is 0 Å². The van der Waals surface area contributed by atoms with Crippen molar-refractivity contribution in [2.75, 3.05) is 0 Å². The van der Waals surface area contributed by atoms with Gasteiger partial charge in [0.05, 0.1) is 0 Å². The predicted molar refractivity (Wildman–Crippen MR) is 106 cm³/mol. The van der Waals surface area contributed by atoms with Crippen molar-refractivity contribution in [1.82, 2.24) is 20.0 Å². The highest BCUT2D eigenvalue weighted by Gasteiger charge is 2.23. The molecule has 0 unspecified atom stereocenters. The number of amides is 1. The van der Waals surface area contributed by atoms with E-state index >= 15 is 0 Å². The second kappa shape index (κ2) is 7.70. The minimum absolute atomic E-state index is 0.201. The molecule has 2 aromatic carbocycles. The zero-order valence-electron chi connectivity index (χ0n) is 15.0. The van der Waals surface area contributed by atoms with Crippen LogP contribution in [0, 0.1) is 0 Å². The van der Waals surface area contributed by atoms with E-state index < -0.39 is 6.04 Å². The molecule has 1 atom stereocenters. The van der Waals surface area contributed by atoms with Gasteiger partial charge >= 0.3 is 0 Å². The van der Waals surface area contributed by atoms with Gasteiger partial charge in [-0.3, -0.25) is 4.79 Å². The molecule has 4 aromatic rings. The molecular formula is C21H17ClN4O2. The first kappa shape index (κ1) is 18.0. The molecule has 0 radical (unpaired) electrons. The van der Waals surface area contributed by atoms with Crippen molar-refractivity contribution in [3.8, 4) is 11.3 Å². The summed E-state index contributed by atoms with van der Waals surface area (Å²) in [6.07, 6.45) is 3.52. The van der Waals surface area contributed by atoms with Gasteiger partial charge in [-0.2, -0.15) is 0 Å². The predicted octanol–water partition coefficient (Wildman–Crippen LogP) is 4.25. The van der Waals surface area contributed by atoms with Crippen LogP contribution < -0.4 is 5.32 Å². The minimum Gasteiger partial charge on any atom is -0.355 e. The van der Waals surface area contributed by atoms with Crippen LogP contribution in [0.5, 0.6) is 0 Å². The molecule has 28 heavy (non-hydrogen) atoms. The third kappa shape index (κ3) is 3.68. The van der Waals surface area contributed by atoms with Gasteiger partial charge in [0, 0.05) is 36.1 Å². The van der Waals surface area contributed by atoms with Crippen LogP contribution in [-0.4, -0.2) is 20.6 Å². The van der Waals surface area contributed by atoms with E-state index in [1.165, 1.54) is 0 Å². The Kier molecular flexibility index (Phi) is 4.95. The van der Waals surface area contributed by atoms with Crippen molar-refractivity contribution in [1.29, 1.82) is 0 Å². The molecule has 140 valence electrons. The largest absolute Gasteiger partial charge is 0.355 e. The van der Waals surface area contributed by atoms with Gasteiger partial charge in [-0.25, -0.2) is 4.98 Å². The average molecular weight is 393 g/mol. The van der Waals surface area contributed by atoms with Crippen LogP contribution in [0.3, 0.4) is 0 Å². The minimum atomic E-state index is -0.457. The Morgan fingerprint density at radius 1 is 1.14 bits per heavy atom. The lowest BCUT2D eigenvalue weighted by molar-refractivity contribution is 0.0932. The lowest BCUT2D eigenvalue weighted by atomic mass is 10.1. The number of aromatic nitrogens is 3. The lowest BCUT2D eigenvalue weighted by Gasteiger charge is -2.18. The van der Waals surface area contributed by atoms with E-state index in [1.807, 2.05) is 60.3 Å². The van der Waals surface area contributed by atoms with Crippen LogP contribution in [0.4, 0.5) is 0 Å². The number of aryl methyl sites for hydroxylation is 1. The van der Waals surface area contributed by atoms with E-state index in [4.69, 9.17) is 16.1 Å². The fourth-order valence-corrected chi connectivity index (χ4v) is 3.06. The summed E-state index contributed by atoms with van der Waals surface area (Å²) in [6.45, 7) is 0. The number of carbonyl (C=O) groups excluding carboxylic acids is 1. The van der Waals surface area contributed by atoms with Gasteiger partial charge in [0.25, 0.3) is 5.91 Å². The normalized spacial score (nSPS) is 11.9. The number of hydrogen-bond donors (Lipinski definition) is 1. The Morgan fingerprint density at radius 2 is 1.89 bits per heavy atom. The Bertz CT molecular complexity index is 1090. The van der Waals surface area contributed by atoms with Gasteiger partial charge in [0.1, 0.15) is 11.9 Å². The van der Waals surface area contributed by atoms with E-state index in [0.29, 0.717) is 16.6 Å². The van der Waals surface area contributed by atoms with Crippen molar-refractivity contribution >= 4 is 17.5 Å². The number of hydrogen-bond acceptors (Lipinski definition) is 4. The smallest absolute Gasteiger partial charge is 0.274 e. The van der Waals surface area contributed by atoms with E-state index in [1.54, 1.807) is 24.4 Å². The van der Waals surface area contributed by atoms with Crippen molar-refractivity contribution in [3.05, 3.63) is 95.2 Å². The third-order valence-corrected chi connectivity index (χ3v) is 4.65. The zero-order chi connectivity index (χ0) is 19.5. The van der Waals surface area contributed by atoms with E-state index in [2.05, 4.69) is 15.5 Å². The second-order valence-corrected chi connectivity index (χ2v) is 6.73. The van der Waals surface area contributed by atoms with E-state index in [9.17, 15) is 4.79 Å². The number of imidazole rings is 1. The Hall–Kier alpha value is -3.38. The maximum atomic E-state index is 12.8. The number of nitrogens with one attached hydrogen (secondary N) is 1. The Labute approximate surface area is 166 Å². The molecule has 0 aliphatic carbocycles. The molecule has 0 spiro atoms. The number of rotatable bonds is 5. The molecule has 0 fully saturated rings. The van der Waals surface area contributed by atoms with Gasteiger partial charge in [-0.1, -0.05) is 59.2 Å². The van der Waals surface area contributed by atoms with Crippen molar-refractivity contribution in [2.45, 2.75) is 6.04 Å². The maximum absolute atomic E-state index is 12.8. The molecule has 0 saturated heterocycles. The van der Waals surface area contributed by atoms with Crippen LogP contribution in [0.1, 0.15) is 27.9 Å². The van der Waals surface area contributed by atoms with Crippen LogP contribution >= 0.6 is 11.6 Å². The van der Waals surface area contributed by atoms with Crippen LogP contribution in [0.2, 0.25) is 5.02 Å². The molecule has 0 aliphatic heterocycles. The number of nitrogens with zero attached hydrogens (tertiary/aromatic N) is 3. The van der Waals surface area contributed by atoms with Gasteiger partial charge < -0.3 is 14.4 Å². The molecule has 6 nitrogen and oxygen atoms in total. The summed E-state index contributed by atoms with van der Waals surface area (Å²) in [4.78, 5) is 17.2. The SMILES string of the molecule is Cn1ccnc1[C@H](NC(=O)c1cc(-c2ccccc2)on1)c1ccc(Cl)cc1. The highest BCUT2D eigenvalue weighted by atomic mass is 35.5. The van der Waals surface area contributed by atoms with Gasteiger partial charge in [0.2, 0.25) is 0 Å². The maximum Gasteiger partial charge on any atom is 0.274 e. The summed E-state index contributed by atoms with van der Waals surface area (Å²) >= 11 is 6.00. The molecule has 0 aliphatic rings. The first-order valence-corrected chi connectivity index (χ1v) is 9.05. The van der Waals surface area contributed by atoms with Crippen molar-refractivity contribution in [2.24, 2.45) is 7.05 Å². The van der Waals surface area contributed by atoms with Crippen LogP contribution in [0.25, 0.3) is 11.3 Å². The van der Waals surface area contributed by atoms with Crippen LogP contribution in [0.15, 0.2) is 77.6 Å². The van der Waals surface area contributed by atoms with Crippen molar-refractivity contribution < 1.29 is 9.32 Å². The molecule has 2 aromatic heterocycles. The topological polar surface area (TPSA) is 73.0 Å². The molecule has 0 bridgehead atoms. The summed E-state index contributed by atoms with van der Waals surface area (Å²) in [5.41, 5.74) is 1.92. The summed E-state index contributed by atoms with van der Waals surface area (Å²) < 4.78 is 7.20. The monoisotopic (exact) mass is 392 g/mol. The lowest BCUT2D eigenvalue weighted by Crippen LogP contribution is -2.31. The van der Waals surface area contributed by atoms with Crippen LogP contribution in [-0.2, 0) is 7.05 Å². The second-order valence-electron chi connectivity index (χ2n) is 6.30. The molecule has 0 saturated carbocycles. The third-order valence-electron chi connectivity index (χ3n) is 4.40. The highest BCUT2D eigenvalue weighted by molar-refractivity contribution is 6.30. The van der Waals surface area contributed by atoms with E-state index in [0.717, 1.165) is 11.1 Å². The van der Waals surface area contributed by atoms with Crippen molar-refractivity contribution in [3.63, 3.8) is 0 Å². The number of halogens is 1. The van der Waals surface area contributed by atoms with Gasteiger partial charge in [-0.05, 0) is 17.7 Å². The molecule has 1 amide bonds. The number of carbonyl (C=O) groups is 1. The zero-order valence-corrected chi connectivity index (χ0v) is 15.8. The molecular weight excluding hydrogens is 376 g/mol. The molecule has 2 heterocycles. The van der Waals surface area contributed by atoms with Gasteiger partial charge in [0.15, 0.2) is 11.5 Å². The first-order chi connectivity index (χ1) is 13.6. The fourth-order valence-electron chi connectivity index (χ4n) is 2.93. The summed E-state index contributed by atoms with van der Waals surface area (Å²) in [6, 6.07) is 18.0. The average Bonchev–Trinajstić information content (AvgIpc) is 3.37. The first-order valence-electron chi connectivity index (χ1n) is 8.67. The molecule has 1 N–H and O–H groups in total. The summed E-state index contributed by atoms with van der Waals surface area (Å²) in [5.74, 6) is 0.877. The fraction of sp³-hybridized carbons (Fsp3) is 0.0952. The summed E-state index contributed by atoms with van der Waals surface area (Å²) in [5, 5.41) is 7.53. The molecule has 7 heteroatoms. The number of benzene rings is 2. The Balaban J connectivity index is 1.62. The molecule has 4 rings (SSSR count). The standard InChI is InChI=1S/C21H17ClN4O2/c1-26-12-11-23-20(26)19(15-7-9-16(22)10-8-15)24-21(27)17-13-18(28-25-17)14-5-3-2-4-6-14/h2-13,19H,1H3,(H,24,27)/t19-/m1/s1. The van der Waals surface area contributed by atoms with E-state index in [-0.39, 0.29) is 11.6 Å². The quantitative estimate of drug-likeness (QED) is 0.551. The Morgan fingerprint density at radius 3 is 2.57 bits per heavy atom.